The molecular weight excluding hydrogens is 566 g/mol. The number of carbonyl (C=O) groups is 2. The van der Waals surface area contributed by atoms with Crippen LogP contribution in [-0.2, 0) is 32.3 Å². The van der Waals surface area contributed by atoms with Gasteiger partial charge in [-0.15, -0.1) is 0 Å². The van der Waals surface area contributed by atoms with Crippen molar-refractivity contribution < 1.29 is 31.2 Å². The number of alkyl halides is 3. The minimum atomic E-state index is -4.85. The van der Waals surface area contributed by atoms with E-state index in [1.807, 2.05) is 6.92 Å². The Hall–Kier alpha value is -2.50. The highest BCUT2D eigenvalue weighted by atomic mass is 35.5. The largest absolute Gasteiger partial charge is 0.417 e. The number of nitrogens with one attached hydrogen (secondary N) is 1. The number of halogens is 5. The summed E-state index contributed by atoms with van der Waals surface area (Å²) < 4.78 is 66.2. The molecule has 1 N–H and O–H groups in total. The van der Waals surface area contributed by atoms with Gasteiger partial charge >= 0.3 is 6.18 Å². The molecule has 2 rings (SSSR count). The van der Waals surface area contributed by atoms with Crippen LogP contribution in [0.25, 0.3) is 0 Å². The van der Waals surface area contributed by atoms with Crippen molar-refractivity contribution in [2.24, 2.45) is 0 Å². The fraction of sp³-hybridized carbons (Fsp3) is 0.440. The van der Waals surface area contributed by atoms with E-state index in [1.165, 1.54) is 4.90 Å². The molecule has 0 radical (unpaired) electrons. The minimum absolute atomic E-state index is 0.128. The third-order valence-corrected chi connectivity index (χ3v) is 7.75. The second-order valence-corrected chi connectivity index (χ2v) is 11.5. The average molecular weight is 596 g/mol. The Morgan fingerprint density at radius 3 is 2.18 bits per heavy atom. The molecule has 13 heteroatoms. The quantitative estimate of drug-likeness (QED) is 0.371. The first-order valence-corrected chi connectivity index (χ1v) is 14.4. The Morgan fingerprint density at radius 2 is 1.66 bits per heavy atom. The summed E-state index contributed by atoms with van der Waals surface area (Å²) in [7, 11) is -4.23. The summed E-state index contributed by atoms with van der Waals surface area (Å²) in [4.78, 5) is 27.9. The highest BCUT2D eigenvalue weighted by Crippen LogP contribution is 2.37. The zero-order chi connectivity index (χ0) is 28.8. The van der Waals surface area contributed by atoms with E-state index in [0.717, 1.165) is 18.4 Å². The maximum atomic E-state index is 13.6. The highest BCUT2D eigenvalue weighted by Gasteiger charge is 2.36. The van der Waals surface area contributed by atoms with E-state index < -0.39 is 56.9 Å². The normalized spacial score (nSPS) is 13.5. The molecule has 2 atom stereocenters. The van der Waals surface area contributed by atoms with E-state index in [4.69, 9.17) is 23.2 Å². The van der Waals surface area contributed by atoms with Crippen molar-refractivity contribution in [1.82, 2.24) is 10.2 Å². The van der Waals surface area contributed by atoms with Gasteiger partial charge in [0.15, 0.2) is 0 Å². The molecule has 38 heavy (non-hydrogen) atoms. The van der Waals surface area contributed by atoms with E-state index in [9.17, 15) is 31.2 Å². The highest BCUT2D eigenvalue weighted by molar-refractivity contribution is 7.92. The maximum Gasteiger partial charge on any atom is 0.417 e. The summed E-state index contributed by atoms with van der Waals surface area (Å²) >= 11 is 12.0. The van der Waals surface area contributed by atoms with Crippen molar-refractivity contribution in [3.63, 3.8) is 0 Å². The van der Waals surface area contributed by atoms with Gasteiger partial charge in [0, 0.05) is 17.6 Å². The number of anilines is 1. The Morgan fingerprint density at radius 1 is 1.03 bits per heavy atom. The molecule has 0 aliphatic carbocycles. The van der Waals surface area contributed by atoms with Crippen LogP contribution >= 0.6 is 23.2 Å². The summed E-state index contributed by atoms with van der Waals surface area (Å²) in [6.45, 7) is 4.39. The molecule has 0 unspecified atom stereocenters. The fourth-order valence-electron chi connectivity index (χ4n) is 3.67. The molecule has 2 amide bonds. The van der Waals surface area contributed by atoms with Gasteiger partial charge in [-0.3, -0.25) is 13.9 Å². The topological polar surface area (TPSA) is 86.8 Å². The molecule has 2 aromatic carbocycles. The molecule has 0 aliphatic heterocycles. The van der Waals surface area contributed by atoms with Gasteiger partial charge in [0.25, 0.3) is 0 Å². The lowest BCUT2D eigenvalue weighted by Gasteiger charge is -2.33. The van der Waals surface area contributed by atoms with Crippen LogP contribution in [0.3, 0.4) is 0 Å². The molecule has 0 saturated carbocycles. The zero-order valence-corrected chi connectivity index (χ0v) is 23.7. The summed E-state index contributed by atoms with van der Waals surface area (Å²) in [5.74, 6) is -1.25. The molecular formula is C25H30Cl2F3N3O4S. The van der Waals surface area contributed by atoms with E-state index in [1.54, 1.807) is 38.1 Å². The first-order valence-electron chi connectivity index (χ1n) is 11.8. The van der Waals surface area contributed by atoms with Crippen molar-refractivity contribution in [3.05, 3.63) is 63.6 Å². The summed E-state index contributed by atoms with van der Waals surface area (Å²) in [6.07, 6.45) is -3.25. The van der Waals surface area contributed by atoms with Gasteiger partial charge in [-0.05, 0) is 49.6 Å². The lowest BCUT2D eigenvalue weighted by Crippen LogP contribution is -2.53. The van der Waals surface area contributed by atoms with E-state index in [2.05, 4.69) is 5.32 Å². The van der Waals surface area contributed by atoms with Gasteiger partial charge in [-0.1, -0.05) is 55.2 Å². The van der Waals surface area contributed by atoms with Gasteiger partial charge in [0.1, 0.15) is 12.6 Å². The number of amides is 2. The Bertz CT molecular complexity index is 1260. The minimum Gasteiger partial charge on any atom is -0.352 e. The summed E-state index contributed by atoms with van der Waals surface area (Å²) in [5, 5.41) is 2.54. The Kier molecular flexibility index (Phi) is 10.9. The second-order valence-electron chi connectivity index (χ2n) is 8.79. The molecule has 0 aromatic heterocycles. The smallest absolute Gasteiger partial charge is 0.352 e. The van der Waals surface area contributed by atoms with Crippen LogP contribution in [0, 0.1) is 0 Å². The van der Waals surface area contributed by atoms with Crippen LogP contribution in [0.15, 0.2) is 42.5 Å². The predicted molar refractivity (Wildman–Crippen MR) is 143 cm³/mol. The number of nitrogens with zero attached hydrogens (tertiary/aromatic N) is 2. The molecule has 0 heterocycles. The SMILES string of the molecule is CC[C@@H](C)NC(=O)[C@@H](CC)N(Cc1ccccc1Cl)C(=O)CN(c1ccc(Cl)c(C(F)(F)F)c1)S(C)(=O)=O. The van der Waals surface area contributed by atoms with Gasteiger partial charge in [0.05, 0.1) is 22.5 Å². The third-order valence-electron chi connectivity index (χ3n) is 5.91. The number of benzene rings is 2. The molecule has 210 valence electrons. The number of rotatable bonds is 11. The third kappa shape index (κ3) is 8.25. The lowest BCUT2D eigenvalue weighted by atomic mass is 10.1. The standard InChI is InChI=1S/C25H30Cl2F3N3O4S/c1-5-16(3)31-24(35)22(6-2)32(14-17-9-7-8-10-20(17)26)23(34)15-33(38(4,36)37)18-11-12-21(27)19(13-18)25(28,29)30/h7-13,16,22H,5-6,14-15H2,1-4H3,(H,31,35)/t16-,22-/m1/s1. The van der Waals surface area contributed by atoms with Crippen LogP contribution in [-0.4, -0.2) is 50.0 Å². The van der Waals surface area contributed by atoms with Crippen LogP contribution in [0.4, 0.5) is 18.9 Å². The second kappa shape index (κ2) is 13.0. The van der Waals surface area contributed by atoms with E-state index in [-0.39, 0.29) is 19.0 Å². The molecule has 0 spiro atoms. The van der Waals surface area contributed by atoms with Crippen molar-refractivity contribution in [2.45, 2.75) is 58.4 Å². The lowest BCUT2D eigenvalue weighted by molar-refractivity contribution is -0.140. The molecule has 0 aliphatic rings. The first kappa shape index (κ1) is 31.7. The fourth-order valence-corrected chi connectivity index (χ4v) is 4.93. The van der Waals surface area contributed by atoms with E-state index >= 15 is 0 Å². The Balaban J connectivity index is 2.54. The average Bonchev–Trinajstić information content (AvgIpc) is 2.82. The van der Waals surface area contributed by atoms with Crippen molar-refractivity contribution in [3.8, 4) is 0 Å². The van der Waals surface area contributed by atoms with Gasteiger partial charge < -0.3 is 10.2 Å². The van der Waals surface area contributed by atoms with Crippen molar-refractivity contribution >= 4 is 50.7 Å². The number of carbonyl (C=O) groups excluding carboxylic acids is 2. The number of hydrogen-bond donors (Lipinski definition) is 1. The van der Waals surface area contributed by atoms with Gasteiger partial charge in [-0.2, -0.15) is 13.2 Å². The zero-order valence-electron chi connectivity index (χ0n) is 21.4. The van der Waals surface area contributed by atoms with E-state index in [0.29, 0.717) is 27.4 Å². The summed E-state index contributed by atoms with van der Waals surface area (Å²) in [5.41, 5.74) is -1.13. The predicted octanol–water partition coefficient (Wildman–Crippen LogP) is 5.50. The molecule has 0 bridgehead atoms. The van der Waals surface area contributed by atoms with Gasteiger partial charge in [0.2, 0.25) is 21.8 Å². The number of hydrogen-bond acceptors (Lipinski definition) is 4. The molecule has 7 nitrogen and oxygen atoms in total. The summed E-state index contributed by atoms with van der Waals surface area (Å²) in [6, 6.07) is 8.03. The van der Waals surface area contributed by atoms with Crippen LogP contribution in [0.5, 0.6) is 0 Å². The van der Waals surface area contributed by atoms with Gasteiger partial charge in [-0.25, -0.2) is 8.42 Å². The van der Waals surface area contributed by atoms with Crippen LogP contribution in [0.2, 0.25) is 10.0 Å². The first-order chi connectivity index (χ1) is 17.6. The van der Waals surface area contributed by atoms with Crippen LogP contribution in [0.1, 0.15) is 44.7 Å². The molecule has 2 aromatic rings. The monoisotopic (exact) mass is 595 g/mol. The number of sulfonamides is 1. The van der Waals surface area contributed by atoms with Crippen molar-refractivity contribution in [1.29, 1.82) is 0 Å². The Labute approximate surface area is 230 Å². The van der Waals surface area contributed by atoms with Crippen LogP contribution < -0.4 is 9.62 Å². The molecule has 0 fully saturated rings. The van der Waals surface area contributed by atoms with Crippen molar-refractivity contribution in [2.75, 3.05) is 17.1 Å². The maximum absolute atomic E-state index is 13.6. The molecule has 0 saturated heterocycles.